The first-order valence-electron chi connectivity index (χ1n) is 9.90. The van der Waals surface area contributed by atoms with Crippen molar-refractivity contribution < 1.29 is 9.59 Å². The SMILES string of the molecule is Cc1cc(C)n(CC(C)NC(=O)Nc2cccc(NC(=O)C3CCCC3)c2)n1. The quantitative estimate of drug-likeness (QED) is 0.708. The van der Waals surface area contributed by atoms with E-state index < -0.39 is 0 Å². The van der Waals surface area contributed by atoms with Crippen LogP contribution >= 0.6 is 0 Å². The highest BCUT2D eigenvalue weighted by Crippen LogP contribution is 2.26. The molecule has 0 aliphatic heterocycles. The van der Waals surface area contributed by atoms with Gasteiger partial charge in [-0.1, -0.05) is 18.9 Å². The highest BCUT2D eigenvalue weighted by molar-refractivity contribution is 5.94. The lowest BCUT2D eigenvalue weighted by Gasteiger charge is -2.16. The molecular formula is C21H29N5O2. The Morgan fingerprint density at radius 2 is 1.82 bits per heavy atom. The fourth-order valence-corrected chi connectivity index (χ4v) is 3.66. The lowest BCUT2D eigenvalue weighted by Crippen LogP contribution is -2.39. The average Bonchev–Trinajstić information content (AvgIpc) is 3.25. The van der Waals surface area contributed by atoms with Gasteiger partial charge in [-0.25, -0.2) is 4.79 Å². The molecule has 1 saturated carbocycles. The number of urea groups is 1. The van der Waals surface area contributed by atoms with Crippen molar-refractivity contribution in [1.29, 1.82) is 0 Å². The maximum Gasteiger partial charge on any atom is 0.319 e. The van der Waals surface area contributed by atoms with Crippen LogP contribution in [-0.2, 0) is 11.3 Å². The zero-order valence-electron chi connectivity index (χ0n) is 16.8. The molecule has 1 aromatic heterocycles. The second kappa shape index (κ2) is 8.91. The van der Waals surface area contributed by atoms with Gasteiger partial charge in [-0.15, -0.1) is 0 Å². The Kier molecular flexibility index (Phi) is 6.34. The topological polar surface area (TPSA) is 88.0 Å². The Labute approximate surface area is 165 Å². The van der Waals surface area contributed by atoms with Gasteiger partial charge in [0.2, 0.25) is 5.91 Å². The van der Waals surface area contributed by atoms with Crippen molar-refractivity contribution >= 4 is 23.3 Å². The van der Waals surface area contributed by atoms with Gasteiger partial charge < -0.3 is 16.0 Å². The molecule has 1 aliphatic carbocycles. The molecule has 150 valence electrons. The lowest BCUT2D eigenvalue weighted by molar-refractivity contribution is -0.119. The maximum atomic E-state index is 12.3. The zero-order chi connectivity index (χ0) is 20.1. The number of benzene rings is 1. The van der Waals surface area contributed by atoms with E-state index in [1.807, 2.05) is 43.7 Å². The van der Waals surface area contributed by atoms with Crippen LogP contribution in [0.3, 0.4) is 0 Å². The molecule has 3 rings (SSSR count). The van der Waals surface area contributed by atoms with E-state index in [2.05, 4.69) is 21.0 Å². The van der Waals surface area contributed by atoms with Gasteiger partial charge in [-0.05, 0) is 57.9 Å². The molecule has 1 atom stereocenters. The van der Waals surface area contributed by atoms with Gasteiger partial charge in [0, 0.05) is 29.0 Å². The molecule has 7 nitrogen and oxygen atoms in total. The van der Waals surface area contributed by atoms with Crippen molar-refractivity contribution in [1.82, 2.24) is 15.1 Å². The summed E-state index contributed by atoms with van der Waals surface area (Å²) in [4.78, 5) is 24.6. The molecule has 0 bridgehead atoms. The third kappa shape index (κ3) is 5.34. The van der Waals surface area contributed by atoms with Gasteiger partial charge in [0.25, 0.3) is 0 Å². The summed E-state index contributed by atoms with van der Waals surface area (Å²) in [5, 5.41) is 13.1. The van der Waals surface area contributed by atoms with Gasteiger partial charge in [0.05, 0.1) is 12.2 Å². The Bertz CT molecular complexity index is 839. The van der Waals surface area contributed by atoms with Gasteiger partial charge in [0.1, 0.15) is 0 Å². The number of amides is 3. The predicted molar refractivity (Wildman–Crippen MR) is 110 cm³/mol. The lowest BCUT2D eigenvalue weighted by atomic mass is 10.1. The number of nitrogens with one attached hydrogen (secondary N) is 3. The average molecular weight is 383 g/mol. The Morgan fingerprint density at radius 1 is 1.14 bits per heavy atom. The zero-order valence-corrected chi connectivity index (χ0v) is 16.8. The van der Waals surface area contributed by atoms with E-state index >= 15 is 0 Å². The van der Waals surface area contributed by atoms with Crippen molar-refractivity contribution in [2.45, 2.75) is 59.0 Å². The van der Waals surface area contributed by atoms with E-state index in [-0.39, 0.29) is 23.9 Å². The number of rotatable bonds is 6. The number of anilines is 2. The largest absolute Gasteiger partial charge is 0.334 e. The Balaban J connectivity index is 1.52. The summed E-state index contributed by atoms with van der Waals surface area (Å²) >= 11 is 0. The molecule has 0 saturated heterocycles. The second-order valence-electron chi connectivity index (χ2n) is 7.66. The molecule has 1 heterocycles. The summed E-state index contributed by atoms with van der Waals surface area (Å²) in [6.45, 7) is 6.49. The van der Waals surface area contributed by atoms with Gasteiger partial charge in [-0.2, -0.15) is 5.10 Å². The minimum absolute atomic E-state index is 0.0672. The molecule has 1 aliphatic rings. The van der Waals surface area contributed by atoms with Crippen LogP contribution in [0.1, 0.15) is 44.0 Å². The summed E-state index contributed by atoms with van der Waals surface area (Å²) in [5.41, 5.74) is 3.37. The Hall–Kier alpha value is -2.83. The fourth-order valence-electron chi connectivity index (χ4n) is 3.66. The number of aryl methyl sites for hydroxylation is 2. The van der Waals surface area contributed by atoms with Crippen molar-refractivity contribution in [2.24, 2.45) is 5.92 Å². The molecule has 1 fully saturated rings. The molecular weight excluding hydrogens is 354 g/mol. The van der Waals surface area contributed by atoms with Crippen molar-refractivity contribution in [3.63, 3.8) is 0 Å². The third-order valence-corrected chi connectivity index (χ3v) is 5.04. The van der Waals surface area contributed by atoms with Crippen LogP contribution in [-0.4, -0.2) is 27.8 Å². The summed E-state index contributed by atoms with van der Waals surface area (Å²) < 4.78 is 1.89. The molecule has 0 radical (unpaired) electrons. The number of carbonyl (C=O) groups excluding carboxylic acids is 2. The van der Waals surface area contributed by atoms with Gasteiger partial charge in [0.15, 0.2) is 0 Å². The minimum atomic E-state index is -0.284. The van der Waals surface area contributed by atoms with Crippen molar-refractivity contribution in [3.05, 3.63) is 41.7 Å². The number of nitrogens with zero attached hydrogens (tertiary/aromatic N) is 2. The molecule has 0 spiro atoms. The standard InChI is InChI=1S/C21H29N5O2/c1-14-11-16(3)26(25-14)13-15(2)22-21(28)24-19-10-6-9-18(12-19)23-20(27)17-7-4-5-8-17/h6,9-12,15,17H,4-5,7-8,13H2,1-3H3,(H,23,27)(H2,22,24,28). The van der Waals surface area contributed by atoms with Gasteiger partial charge >= 0.3 is 6.03 Å². The molecule has 2 aromatic rings. The molecule has 7 heteroatoms. The molecule has 3 N–H and O–H groups in total. The van der Waals surface area contributed by atoms with E-state index in [0.717, 1.165) is 37.1 Å². The first kappa shape index (κ1) is 19.9. The van der Waals surface area contributed by atoms with Crippen molar-refractivity contribution in [2.75, 3.05) is 10.6 Å². The first-order chi connectivity index (χ1) is 13.4. The van der Waals surface area contributed by atoms with E-state index in [4.69, 9.17) is 0 Å². The van der Waals surface area contributed by atoms with E-state index in [1.165, 1.54) is 0 Å². The third-order valence-electron chi connectivity index (χ3n) is 5.04. The smallest absolute Gasteiger partial charge is 0.319 e. The highest BCUT2D eigenvalue weighted by atomic mass is 16.2. The maximum absolute atomic E-state index is 12.3. The predicted octanol–water partition coefficient (Wildman–Crippen LogP) is 3.84. The Morgan fingerprint density at radius 3 is 2.46 bits per heavy atom. The van der Waals surface area contributed by atoms with Crippen LogP contribution in [0.5, 0.6) is 0 Å². The van der Waals surface area contributed by atoms with Crippen LogP contribution in [0.4, 0.5) is 16.2 Å². The first-order valence-corrected chi connectivity index (χ1v) is 9.90. The number of hydrogen-bond donors (Lipinski definition) is 3. The molecule has 1 aromatic carbocycles. The van der Waals surface area contributed by atoms with Crippen LogP contribution < -0.4 is 16.0 Å². The highest BCUT2D eigenvalue weighted by Gasteiger charge is 2.22. The number of hydrogen-bond acceptors (Lipinski definition) is 3. The number of carbonyl (C=O) groups is 2. The summed E-state index contributed by atoms with van der Waals surface area (Å²) in [5.74, 6) is 0.174. The van der Waals surface area contributed by atoms with Crippen LogP contribution in [0, 0.1) is 19.8 Å². The van der Waals surface area contributed by atoms with Crippen LogP contribution in [0.25, 0.3) is 0 Å². The summed E-state index contributed by atoms with van der Waals surface area (Å²) in [7, 11) is 0. The molecule has 1 unspecified atom stereocenters. The molecule has 3 amide bonds. The second-order valence-corrected chi connectivity index (χ2v) is 7.66. The molecule has 28 heavy (non-hydrogen) atoms. The fraction of sp³-hybridized carbons (Fsp3) is 0.476. The van der Waals surface area contributed by atoms with Crippen LogP contribution in [0.2, 0.25) is 0 Å². The van der Waals surface area contributed by atoms with Crippen molar-refractivity contribution in [3.8, 4) is 0 Å². The summed E-state index contributed by atoms with van der Waals surface area (Å²) in [6.07, 6.45) is 4.16. The normalized spacial score (nSPS) is 15.2. The summed E-state index contributed by atoms with van der Waals surface area (Å²) in [6, 6.07) is 8.88. The van der Waals surface area contributed by atoms with E-state index in [0.29, 0.717) is 17.9 Å². The van der Waals surface area contributed by atoms with E-state index in [9.17, 15) is 9.59 Å². The van der Waals surface area contributed by atoms with Crippen LogP contribution in [0.15, 0.2) is 30.3 Å². The monoisotopic (exact) mass is 383 g/mol. The van der Waals surface area contributed by atoms with Gasteiger partial charge in [-0.3, -0.25) is 9.48 Å². The minimum Gasteiger partial charge on any atom is -0.334 e. The number of aromatic nitrogens is 2. The van der Waals surface area contributed by atoms with E-state index in [1.54, 1.807) is 12.1 Å².